The molecule has 1 fully saturated rings. The highest BCUT2D eigenvalue weighted by Crippen LogP contribution is 2.33. The fourth-order valence-corrected chi connectivity index (χ4v) is 3.04. The van der Waals surface area contributed by atoms with Crippen molar-refractivity contribution in [3.05, 3.63) is 28.8 Å². The lowest BCUT2D eigenvalue weighted by molar-refractivity contribution is 0.0401. The zero-order chi connectivity index (χ0) is 13.8. The number of nitrogens with one attached hydrogen (secondary N) is 1. The molecule has 1 aliphatic rings. The van der Waals surface area contributed by atoms with E-state index in [1.165, 1.54) is 23.1 Å². The molecule has 0 spiro atoms. The van der Waals surface area contributed by atoms with Crippen LogP contribution in [0.4, 0.5) is 0 Å². The van der Waals surface area contributed by atoms with E-state index in [0.717, 1.165) is 25.4 Å². The Kier molecular flexibility index (Phi) is 4.83. The lowest BCUT2D eigenvalue weighted by atomic mass is 9.86. The van der Waals surface area contributed by atoms with Gasteiger partial charge in [-0.15, -0.1) is 0 Å². The highest BCUT2D eigenvalue weighted by molar-refractivity contribution is 5.43. The van der Waals surface area contributed by atoms with Crippen LogP contribution in [0.15, 0.2) is 12.1 Å². The number of benzene rings is 1. The molecule has 19 heavy (non-hydrogen) atoms. The normalized spacial score (nSPS) is 21.2. The molecule has 0 saturated carbocycles. The van der Waals surface area contributed by atoms with Crippen LogP contribution in [0.25, 0.3) is 0 Å². The molecule has 1 heterocycles. The second-order valence-electron chi connectivity index (χ2n) is 5.42. The number of rotatable bonds is 4. The number of ether oxygens (including phenoxy) is 2. The Morgan fingerprint density at radius 1 is 1.32 bits per heavy atom. The summed E-state index contributed by atoms with van der Waals surface area (Å²) in [5, 5.41) is 3.47. The van der Waals surface area contributed by atoms with Gasteiger partial charge in [-0.25, -0.2) is 0 Å². The van der Waals surface area contributed by atoms with Crippen LogP contribution in [0.1, 0.15) is 35.6 Å². The molecule has 0 aromatic heterocycles. The van der Waals surface area contributed by atoms with E-state index in [4.69, 9.17) is 9.47 Å². The van der Waals surface area contributed by atoms with Crippen molar-refractivity contribution in [1.82, 2.24) is 5.32 Å². The van der Waals surface area contributed by atoms with Crippen LogP contribution >= 0.6 is 0 Å². The molecule has 2 atom stereocenters. The van der Waals surface area contributed by atoms with E-state index in [2.05, 4.69) is 31.3 Å². The Labute approximate surface area is 116 Å². The van der Waals surface area contributed by atoms with Crippen molar-refractivity contribution in [1.29, 1.82) is 0 Å². The lowest BCUT2D eigenvalue weighted by Crippen LogP contribution is -2.32. The SMILES string of the molecule is CNC(c1cc(C)c(OC)cc1C)C1CCCOC1. The summed E-state index contributed by atoms with van der Waals surface area (Å²) in [5.74, 6) is 1.53. The molecule has 0 bridgehead atoms. The van der Waals surface area contributed by atoms with Crippen molar-refractivity contribution in [2.75, 3.05) is 27.4 Å². The fourth-order valence-electron chi connectivity index (χ4n) is 3.04. The fraction of sp³-hybridized carbons (Fsp3) is 0.625. The van der Waals surface area contributed by atoms with Crippen LogP contribution in [-0.2, 0) is 4.74 Å². The third-order valence-corrected chi connectivity index (χ3v) is 4.10. The number of hydrogen-bond donors (Lipinski definition) is 1. The second-order valence-corrected chi connectivity index (χ2v) is 5.42. The van der Waals surface area contributed by atoms with E-state index in [9.17, 15) is 0 Å². The van der Waals surface area contributed by atoms with Crippen molar-refractivity contribution in [3.8, 4) is 5.75 Å². The van der Waals surface area contributed by atoms with Crippen LogP contribution in [0.5, 0.6) is 5.75 Å². The Morgan fingerprint density at radius 3 is 2.68 bits per heavy atom. The van der Waals surface area contributed by atoms with Crippen LogP contribution < -0.4 is 10.1 Å². The summed E-state index contributed by atoms with van der Waals surface area (Å²) in [4.78, 5) is 0. The molecule has 1 aromatic rings. The van der Waals surface area contributed by atoms with E-state index >= 15 is 0 Å². The molecule has 3 nitrogen and oxygen atoms in total. The van der Waals surface area contributed by atoms with Crippen LogP contribution in [0.2, 0.25) is 0 Å². The van der Waals surface area contributed by atoms with Crippen LogP contribution in [0.3, 0.4) is 0 Å². The molecule has 3 heteroatoms. The monoisotopic (exact) mass is 263 g/mol. The van der Waals surface area contributed by atoms with E-state index in [1.54, 1.807) is 7.11 Å². The summed E-state index contributed by atoms with van der Waals surface area (Å²) >= 11 is 0. The summed E-state index contributed by atoms with van der Waals surface area (Å²) in [7, 11) is 3.77. The Hall–Kier alpha value is -1.06. The van der Waals surface area contributed by atoms with E-state index in [0.29, 0.717) is 12.0 Å². The lowest BCUT2D eigenvalue weighted by Gasteiger charge is -2.31. The minimum atomic E-state index is 0.366. The molecule has 0 aliphatic carbocycles. The molecule has 2 unspecified atom stereocenters. The van der Waals surface area contributed by atoms with Crippen LogP contribution in [-0.4, -0.2) is 27.4 Å². The van der Waals surface area contributed by atoms with Gasteiger partial charge in [0.1, 0.15) is 5.75 Å². The molecular weight excluding hydrogens is 238 g/mol. The standard InChI is InChI=1S/C16H25NO2/c1-11-9-15(18-4)12(2)8-14(11)16(17-3)13-6-5-7-19-10-13/h8-9,13,16-17H,5-7,10H2,1-4H3. The first-order chi connectivity index (χ1) is 9.17. The Morgan fingerprint density at radius 2 is 2.11 bits per heavy atom. The second kappa shape index (κ2) is 6.40. The average Bonchev–Trinajstić information content (AvgIpc) is 2.44. The van der Waals surface area contributed by atoms with Gasteiger partial charge >= 0.3 is 0 Å². The number of methoxy groups -OCH3 is 1. The third-order valence-electron chi connectivity index (χ3n) is 4.10. The summed E-state index contributed by atoms with van der Waals surface area (Å²) in [6.45, 7) is 6.03. The van der Waals surface area contributed by atoms with E-state index in [-0.39, 0.29) is 0 Å². The average molecular weight is 263 g/mol. The van der Waals surface area contributed by atoms with Gasteiger partial charge in [-0.1, -0.05) is 6.07 Å². The van der Waals surface area contributed by atoms with Crippen molar-refractivity contribution in [3.63, 3.8) is 0 Å². The molecular formula is C16H25NO2. The van der Waals surface area contributed by atoms with Crippen molar-refractivity contribution >= 4 is 0 Å². The summed E-state index contributed by atoms with van der Waals surface area (Å²) in [6.07, 6.45) is 2.40. The first-order valence-corrected chi connectivity index (χ1v) is 7.07. The largest absolute Gasteiger partial charge is 0.496 e. The molecule has 106 valence electrons. The number of hydrogen-bond acceptors (Lipinski definition) is 3. The van der Waals surface area contributed by atoms with Gasteiger partial charge in [0.25, 0.3) is 0 Å². The van der Waals surface area contributed by atoms with Gasteiger partial charge in [0.05, 0.1) is 13.7 Å². The maximum atomic E-state index is 5.64. The minimum absolute atomic E-state index is 0.366. The van der Waals surface area contributed by atoms with Crippen molar-refractivity contribution < 1.29 is 9.47 Å². The zero-order valence-electron chi connectivity index (χ0n) is 12.5. The predicted octanol–water partition coefficient (Wildman–Crippen LogP) is 3.00. The third kappa shape index (κ3) is 3.10. The molecule has 1 aromatic carbocycles. The van der Waals surface area contributed by atoms with Gasteiger partial charge < -0.3 is 14.8 Å². The van der Waals surface area contributed by atoms with Gasteiger partial charge in [-0.05, 0) is 56.5 Å². The van der Waals surface area contributed by atoms with Gasteiger partial charge in [-0.2, -0.15) is 0 Å². The molecule has 0 amide bonds. The summed E-state index contributed by atoms with van der Waals surface area (Å²) in [6, 6.07) is 4.76. The molecule has 1 saturated heterocycles. The van der Waals surface area contributed by atoms with Crippen molar-refractivity contribution in [2.45, 2.75) is 32.7 Å². The quantitative estimate of drug-likeness (QED) is 0.906. The topological polar surface area (TPSA) is 30.5 Å². The molecule has 1 N–H and O–H groups in total. The van der Waals surface area contributed by atoms with Gasteiger partial charge in [-0.3, -0.25) is 0 Å². The maximum Gasteiger partial charge on any atom is 0.122 e. The number of aryl methyl sites for hydroxylation is 2. The minimum Gasteiger partial charge on any atom is -0.496 e. The molecule has 1 aliphatic heterocycles. The molecule has 0 radical (unpaired) electrons. The van der Waals surface area contributed by atoms with Crippen LogP contribution in [0, 0.1) is 19.8 Å². The Balaban J connectivity index is 2.29. The first-order valence-electron chi connectivity index (χ1n) is 7.07. The first kappa shape index (κ1) is 14.4. The smallest absolute Gasteiger partial charge is 0.122 e. The summed E-state index contributed by atoms with van der Waals surface area (Å²) < 4.78 is 11.0. The van der Waals surface area contributed by atoms with E-state index in [1.807, 2.05) is 7.05 Å². The Bertz CT molecular complexity index is 425. The molecule has 2 rings (SSSR count). The van der Waals surface area contributed by atoms with E-state index < -0.39 is 0 Å². The van der Waals surface area contributed by atoms with Gasteiger partial charge in [0.2, 0.25) is 0 Å². The highest BCUT2D eigenvalue weighted by Gasteiger charge is 2.26. The zero-order valence-corrected chi connectivity index (χ0v) is 12.5. The van der Waals surface area contributed by atoms with Crippen molar-refractivity contribution in [2.24, 2.45) is 5.92 Å². The summed E-state index contributed by atoms with van der Waals surface area (Å²) in [5.41, 5.74) is 3.85. The predicted molar refractivity (Wildman–Crippen MR) is 77.8 cm³/mol. The van der Waals surface area contributed by atoms with Gasteiger partial charge in [0.15, 0.2) is 0 Å². The maximum absolute atomic E-state index is 5.64. The highest BCUT2D eigenvalue weighted by atomic mass is 16.5. The van der Waals surface area contributed by atoms with Gasteiger partial charge in [0, 0.05) is 18.6 Å².